The summed E-state index contributed by atoms with van der Waals surface area (Å²) in [6.07, 6.45) is 2.78. The van der Waals surface area contributed by atoms with Crippen LogP contribution in [0.15, 0.2) is 42.7 Å². The Morgan fingerprint density at radius 3 is 2.80 bits per heavy atom. The van der Waals surface area contributed by atoms with Crippen molar-refractivity contribution in [3.63, 3.8) is 0 Å². The minimum Gasteiger partial charge on any atom is -0.491 e. The van der Waals surface area contributed by atoms with Crippen molar-refractivity contribution in [1.82, 2.24) is 9.97 Å². The third-order valence-corrected chi connectivity index (χ3v) is 4.09. The van der Waals surface area contributed by atoms with Gasteiger partial charge < -0.3 is 15.2 Å². The summed E-state index contributed by atoms with van der Waals surface area (Å²) in [4.78, 5) is 20.6. The van der Waals surface area contributed by atoms with Crippen LogP contribution in [0.2, 0.25) is 0 Å². The average molecular weight is 339 g/mol. The van der Waals surface area contributed by atoms with Crippen LogP contribution in [0.3, 0.4) is 0 Å². The molecular formula is C18H14FN3O3. The Bertz CT molecular complexity index is 977. The van der Waals surface area contributed by atoms with Crippen LogP contribution < -0.4 is 10.1 Å². The lowest BCUT2D eigenvalue weighted by Crippen LogP contribution is -2.19. The van der Waals surface area contributed by atoms with Gasteiger partial charge in [-0.15, -0.1) is 0 Å². The number of anilines is 1. The molecular weight excluding hydrogens is 325 g/mol. The molecule has 1 amide bonds. The summed E-state index contributed by atoms with van der Waals surface area (Å²) < 4.78 is 19.8. The number of aromatic nitrogens is 2. The number of para-hydroxylation sites is 1. The first-order chi connectivity index (χ1) is 12.1. The van der Waals surface area contributed by atoms with Crippen molar-refractivity contribution in [3.8, 4) is 5.75 Å². The van der Waals surface area contributed by atoms with Gasteiger partial charge in [-0.3, -0.25) is 14.8 Å². The Kier molecular flexibility index (Phi) is 3.77. The minimum atomic E-state index is -0.684. The van der Waals surface area contributed by atoms with Gasteiger partial charge in [-0.1, -0.05) is 12.1 Å². The number of carbonyl (C=O) groups is 1. The van der Waals surface area contributed by atoms with Gasteiger partial charge in [-0.25, -0.2) is 4.39 Å². The Balaban J connectivity index is 1.69. The van der Waals surface area contributed by atoms with Crippen molar-refractivity contribution in [2.24, 2.45) is 0 Å². The number of nitrogens with zero attached hydrogens (tertiary/aromatic N) is 2. The fourth-order valence-corrected chi connectivity index (χ4v) is 2.85. The largest absolute Gasteiger partial charge is 0.491 e. The number of hydrogen-bond acceptors (Lipinski definition) is 5. The molecule has 6 nitrogen and oxygen atoms in total. The molecule has 0 spiro atoms. The highest BCUT2D eigenvalue weighted by Crippen LogP contribution is 2.38. The molecule has 3 aromatic rings. The number of ether oxygens (including phenoxy) is 1. The Morgan fingerprint density at radius 2 is 2.00 bits per heavy atom. The second-order valence-electron chi connectivity index (χ2n) is 5.71. The van der Waals surface area contributed by atoms with Crippen LogP contribution in [0.4, 0.5) is 10.1 Å². The molecule has 2 heterocycles. The molecule has 0 unspecified atom stereocenters. The average Bonchev–Trinajstić information content (AvgIpc) is 2.62. The first kappa shape index (κ1) is 15.5. The van der Waals surface area contributed by atoms with Crippen LogP contribution in [-0.4, -0.2) is 27.6 Å². The quantitative estimate of drug-likeness (QED) is 0.750. The number of amides is 1. The van der Waals surface area contributed by atoms with Crippen LogP contribution >= 0.6 is 0 Å². The summed E-state index contributed by atoms with van der Waals surface area (Å²) in [6.45, 7) is 0.348. The Hall–Kier alpha value is -3.06. The fourth-order valence-electron chi connectivity index (χ4n) is 2.85. The molecule has 2 N–H and O–H groups in total. The molecule has 0 fully saturated rings. The number of benzene rings is 2. The molecule has 1 aromatic heterocycles. The van der Waals surface area contributed by atoms with Gasteiger partial charge >= 0.3 is 0 Å². The molecule has 126 valence electrons. The SMILES string of the molecule is O=C(Nc1cccc2c1OCC[C@H]2O)c1cc2nccnc2cc1F. The highest BCUT2D eigenvalue weighted by atomic mass is 19.1. The molecule has 2 aromatic carbocycles. The predicted octanol–water partition coefficient (Wildman–Crippen LogP) is 2.84. The first-order valence-electron chi connectivity index (χ1n) is 7.79. The van der Waals surface area contributed by atoms with E-state index >= 15 is 0 Å². The van der Waals surface area contributed by atoms with Gasteiger partial charge in [-0.05, 0) is 12.1 Å². The van der Waals surface area contributed by atoms with Gasteiger partial charge in [0.1, 0.15) is 11.6 Å². The monoisotopic (exact) mass is 339 g/mol. The molecule has 0 saturated heterocycles. The zero-order valence-electron chi connectivity index (χ0n) is 13.1. The topological polar surface area (TPSA) is 84.3 Å². The lowest BCUT2D eigenvalue weighted by atomic mass is 10.0. The van der Waals surface area contributed by atoms with Gasteiger partial charge in [0.25, 0.3) is 5.91 Å². The maximum absolute atomic E-state index is 14.3. The number of rotatable bonds is 2. The molecule has 0 bridgehead atoms. The number of hydrogen-bond donors (Lipinski definition) is 2. The van der Waals surface area contributed by atoms with Gasteiger partial charge in [0.15, 0.2) is 0 Å². The van der Waals surface area contributed by atoms with Gasteiger partial charge in [-0.2, -0.15) is 0 Å². The maximum atomic E-state index is 14.3. The normalized spacial score (nSPS) is 16.2. The minimum absolute atomic E-state index is 0.137. The first-order valence-corrected chi connectivity index (χ1v) is 7.79. The second-order valence-corrected chi connectivity index (χ2v) is 5.71. The molecule has 1 aliphatic heterocycles. The van der Waals surface area contributed by atoms with Crippen LogP contribution in [0.1, 0.15) is 28.4 Å². The van der Waals surface area contributed by atoms with E-state index in [1.165, 1.54) is 24.5 Å². The van der Waals surface area contributed by atoms with E-state index in [0.717, 1.165) is 0 Å². The van der Waals surface area contributed by atoms with Crippen LogP contribution in [0, 0.1) is 5.82 Å². The summed E-state index contributed by atoms with van der Waals surface area (Å²) in [5.41, 5.74) is 1.66. The van der Waals surface area contributed by atoms with E-state index in [1.807, 2.05) is 0 Å². The molecule has 25 heavy (non-hydrogen) atoms. The third kappa shape index (κ3) is 2.78. The Morgan fingerprint density at radius 1 is 1.24 bits per heavy atom. The predicted molar refractivity (Wildman–Crippen MR) is 89.0 cm³/mol. The van der Waals surface area contributed by atoms with Crippen molar-refractivity contribution in [2.45, 2.75) is 12.5 Å². The number of halogens is 1. The summed E-state index contributed by atoms with van der Waals surface area (Å²) in [7, 11) is 0. The number of fused-ring (bicyclic) bond motifs is 2. The van der Waals surface area contributed by atoms with E-state index < -0.39 is 17.8 Å². The van der Waals surface area contributed by atoms with E-state index in [0.29, 0.717) is 41.1 Å². The Labute approximate surface area is 142 Å². The van der Waals surface area contributed by atoms with E-state index in [9.17, 15) is 14.3 Å². The number of aliphatic hydroxyl groups is 1. The summed E-state index contributed by atoms with van der Waals surface area (Å²) in [5.74, 6) is -0.894. The lowest BCUT2D eigenvalue weighted by Gasteiger charge is -2.24. The molecule has 4 rings (SSSR count). The summed E-state index contributed by atoms with van der Waals surface area (Å²) in [6, 6.07) is 7.62. The highest BCUT2D eigenvalue weighted by Gasteiger charge is 2.23. The molecule has 1 aliphatic rings. The molecule has 0 saturated carbocycles. The van der Waals surface area contributed by atoms with Gasteiger partial charge in [0.2, 0.25) is 0 Å². The molecule has 1 atom stereocenters. The summed E-state index contributed by atoms with van der Waals surface area (Å²) >= 11 is 0. The zero-order chi connectivity index (χ0) is 17.4. The van der Waals surface area contributed by atoms with Crippen molar-refractivity contribution in [3.05, 3.63) is 59.7 Å². The van der Waals surface area contributed by atoms with Crippen molar-refractivity contribution in [2.75, 3.05) is 11.9 Å². The number of nitrogens with one attached hydrogen (secondary N) is 1. The van der Waals surface area contributed by atoms with Gasteiger partial charge in [0, 0.05) is 30.4 Å². The molecule has 0 aliphatic carbocycles. The van der Waals surface area contributed by atoms with E-state index in [2.05, 4.69) is 15.3 Å². The van der Waals surface area contributed by atoms with Crippen molar-refractivity contribution in [1.29, 1.82) is 0 Å². The van der Waals surface area contributed by atoms with E-state index in [-0.39, 0.29) is 5.56 Å². The third-order valence-electron chi connectivity index (χ3n) is 4.09. The van der Waals surface area contributed by atoms with Crippen LogP contribution in [0.5, 0.6) is 5.75 Å². The number of aliphatic hydroxyl groups excluding tert-OH is 1. The van der Waals surface area contributed by atoms with E-state index in [1.54, 1.807) is 18.2 Å². The molecule has 0 radical (unpaired) electrons. The highest BCUT2D eigenvalue weighted by molar-refractivity contribution is 6.06. The maximum Gasteiger partial charge on any atom is 0.258 e. The standard InChI is InChI=1S/C18H14FN3O3/c19-12-9-15-14(20-5-6-21-15)8-11(12)18(24)22-13-3-1-2-10-16(23)4-7-25-17(10)13/h1-3,5-6,8-9,16,23H,4,7H2,(H,22,24)/t16-/m1/s1. The van der Waals surface area contributed by atoms with Crippen molar-refractivity contribution < 1.29 is 19.0 Å². The smallest absolute Gasteiger partial charge is 0.258 e. The van der Waals surface area contributed by atoms with Crippen LogP contribution in [-0.2, 0) is 0 Å². The lowest BCUT2D eigenvalue weighted by molar-refractivity contribution is 0.101. The van der Waals surface area contributed by atoms with Crippen LogP contribution in [0.25, 0.3) is 11.0 Å². The van der Waals surface area contributed by atoms with Gasteiger partial charge in [0.05, 0.1) is 35.0 Å². The summed E-state index contributed by atoms with van der Waals surface area (Å²) in [5, 5.41) is 12.7. The van der Waals surface area contributed by atoms with Crippen molar-refractivity contribution >= 4 is 22.6 Å². The zero-order valence-corrected chi connectivity index (χ0v) is 13.1. The van der Waals surface area contributed by atoms with E-state index in [4.69, 9.17) is 4.74 Å². The number of carbonyl (C=O) groups excluding carboxylic acids is 1. The molecule has 7 heteroatoms. The second kappa shape index (κ2) is 6.10. The fraction of sp³-hybridized carbons (Fsp3) is 0.167.